The Kier molecular flexibility index (Phi) is 8.80. The van der Waals surface area contributed by atoms with Gasteiger partial charge in [0.2, 0.25) is 5.91 Å². The van der Waals surface area contributed by atoms with Crippen molar-refractivity contribution in [3.05, 3.63) is 58.1 Å². The van der Waals surface area contributed by atoms with E-state index in [1.165, 1.54) is 4.90 Å². The smallest absolute Gasteiger partial charge is 0.260 e. The van der Waals surface area contributed by atoms with E-state index in [1.54, 1.807) is 25.1 Å². The predicted octanol–water partition coefficient (Wildman–Crippen LogP) is 5.37. The topological polar surface area (TPSA) is 58.6 Å². The van der Waals surface area contributed by atoms with Crippen molar-refractivity contribution >= 4 is 40.7 Å². The number of ether oxygens (including phenoxy) is 1. The Bertz CT molecular complexity index is 837. The van der Waals surface area contributed by atoms with Gasteiger partial charge in [0.15, 0.2) is 6.61 Å². The zero-order valence-electron chi connectivity index (χ0n) is 16.9. The Morgan fingerprint density at radius 2 is 1.72 bits per heavy atom. The normalized spacial score (nSPS) is 11.6. The van der Waals surface area contributed by atoms with Crippen molar-refractivity contribution in [3.63, 3.8) is 0 Å². The fraction of sp³-hybridized carbons (Fsp3) is 0.364. The molecule has 2 rings (SSSR count). The zero-order valence-corrected chi connectivity index (χ0v) is 18.4. The van der Waals surface area contributed by atoms with Gasteiger partial charge in [-0.25, -0.2) is 0 Å². The number of rotatable bonds is 9. The van der Waals surface area contributed by atoms with Crippen LogP contribution in [-0.4, -0.2) is 36.4 Å². The molecule has 0 bridgehead atoms. The molecule has 5 nitrogen and oxygen atoms in total. The van der Waals surface area contributed by atoms with Crippen LogP contribution in [0.3, 0.4) is 0 Å². The van der Waals surface area contributed by atoms with E-state index in [-0.39, 0.29) is 25.0 Å². The lowest BCUT2D eigenvalue weighted by Gasteiger charge is -2.22. The molecule has 7 heteroatoms. The molecule has 0 aromatic heterocycles. The average molecular weight is 437 g/mol. The van der Waals surface area contributed by atoms with Gasteiger partial charge in [-0.3, -0.25) is 9.59 Å². The molecule has 0 aliphatic rings. The molecule has 156 valence electrons. The minimum absolute atomic E-state index is 0.118. The number of carbonyl (C=O) groups is 2. The fourth-order valence-electron chi connectivity index (χ4n) is 2.82. The second kappa shape index (κ2) is 11.1. The molecule has 2 aromatic carbocycles. The van der Waals surface area contributed by atoms with Crippen molar-refractivity contribution in [2.24, 2.45) is 0 Å². The Hall–Kier alpha value is -2.24. The Labute approximate surface area is 181 Å². The monoisotopic (exact) mass is 436 g/mol. The molecule has 0 heterocycles. The highest BCUT2D eigenvalue weighted by molar-refractivity contribution is 6.39. The largest absolute Gasteiger partial charge is 0.483 e. The number of para-hydroxylation sites is 2. The first kappa shape index (κ1) is 23.0. The minimum Gasteiger partial charge on any atom is -0.483 e. The van der Waals surface area contributed by atoms with Gasteiger partial charge in [0.05, 0.1) is 22.3 Å². The maximum absolute atomic E-state index is 12.6. The van der Waals surface area contributed by atoms with E-state index in [4.69, 9.17) is 27.9 Å². The molecule has 2 amide bonds. The zero-order chi connectivity index (χ0) is 21.4. The van der Waals surface area contributed by atoms with E-state index in [0.29, 0.717) is 33.9 Å². The number of benzene rings is 2. The molecule has 1 N–H and O–H groups in total. The maximum Gasteiger partial charge on any atom is 0.260 e. The van der Waals surface area contributed by atoms with Gasteiger partial charge in [-0.1, -0.05) is 61.3 Å². The highest BCUT2D eigenvalue weighted by Crippen LogP contribution is 2.30. The van der Waals surface area contributed by atoms with Crippen LogP contribution in [0.1, 0.15) is 38.7 Å². The van der Waals surface area contributed by atoms with Crippen molar-refractivity contribution in [2.75, 3.05) is 25.0 Å². The van der Waals surface area contributed by atoms with Crippen molar-refractivity contribution in [1.82, 2.24) is 4.90 Å². The lowest BCUT2D eigenvalue weighted by atomic mass is 9.98. The molecule has 0 aliphatic carbocycles. The van der Waals surface area contributed by atoms with Gasteiger partial charge in [0, 0.05) is 6.54 Å². The lowest BCUT2D eigenvalue weighted by molar-refractivity contribution is -0.136. The van der Waals surface area contributed by atoms with Crippen molar-refractivity contribution in [1.29, 1.82) is 0 Å². The Morgan fingerprint density at radius 3 is 2.34 bits per heavy atom. The van der Waals surface area contributed by atoms with Crippen molar-refractivity contribution < 1.29 is 14.3 Å². The number of amides is 2. The van der Waals surface area contributed by atoms with E-state index in [1.807, 2.05) is 24.3 Å². The number of hydrogen-bond donors (Lipinski definition) is 1. The van der Waals surface area contributed by atoms with Gasteiger partial charge >= 0.3 is 0 Å². The van der Waals surface area contributed by atoms with Gasteiger partial charge in [-0.15, -0.1) is 0 Å². The summed E-state index contributed by atoms with van der Waals surface area (Å²) in [6.07, 6.45) is 0.972. The molecule has 0 spiro atoms. The van der Waals surface area contributed by atoms with E-state index < -0.39 is 0 Å². The molecule has 0 saturated heterocycles. The minimum atomic E-state index is -0.379. The number of hydrogen-bond acceptors (Lipinski definition) is 3. The summed E-state index contributed by atoms with van der Waals surface area (Å²) in [4.78, 5) is 26.4. The van der Waals surface area contributed by atoms with Gasteiger partial charge in [-0.2, -0.15) is 0 Å². The second-order valence-electron chi connectivity index (χ2n) is 6.69. The molecule has 1 atom stereocenters. The fourth-order valence-corrected chi connectivity index (χ4v) is 3.31. The van der Waals surface area contributed by atoms with Crippen LogP contribution in [0.25, 0.3) is 0 Å². The number of likely N-dealkylation sites (N-methyl/N-ethyl adjacent to an activating group) is 1. The van der Waals surface area contributed by atoms with E-state index in [0.717, 1.165) is 12.0 Å². The van der Waals surface area contributed by atoms with Crippen LogP contribution >= 0.6 is 23.2 Å². The first-order valence-corrected chi connectivity index (χ1v) is 10.4. The third-order valence-corrected chi connectivity index (χ3v) is 5.34. The summed E-state index contributed by atoms with van der Waals surface area (Å²) in [5.74, 6) is 0.371. The Balaban J connectivity index is 1.98. The van der Waals surface area contributed by atoms with Crippen LogP contribution in [0, 0.1) is 0 Å². The number of anilines is 1. The molecular weight excluding hydrogens is 411 g/mol. The molecule has 0 fully saturated rings. The highest BCUT2D eigenvalue weighted by Gasteiger charge is 2.19. The standard InChI is InChI=1S/C22H26Cl2N2O3/c1-4-15(3)16-9-6-7-12-19(16)29-14-21(28)26(5-2)13-20(27)25-22-17(23)10-8-11-18(22)24/h6-12,15H,4-5,13-14H2,1-3H3,(H,25,27). The quantitative estimate of drug-likeness (QED) is 0.574. The summed E-state index contributed by atoms with van der Waals surface area (Å²) in [6, 6.07) is 12.7. The van der Waals surface area contributed by atoms with Crippen molar-refractivity contribution in [3.8, 4) is 5.75 Å². The van der Waals surface area contributed by atoms with Gasteiger partial charge in [0.1, 0.15) is 5.75 Å². The number of halogens is 2. The summed E-state index contributed by atoms with van der Waals surface area (Å²) in [5.41, 5.74) is 1.40. The predicted molar refractivity (Wildman–Crippen MR) is 118 cm³/mol. The molecule has 2 aromatic rings. The van der Waals surface area contributed by atoms with Crippen LogP contribution in [0.2, 0.25) is 10.0 Å². The first-order chi connectivity index (χ1) is 13.9. The molecular formula is C22H26Cl2N2O3. The number of nitrogens with one attached hydrogen (secondary N) is 1. The number of carbonyl (C=O) groups excluding carboxylic acids is 2. The molecule has 1 unspecified atom stereocenters. The van der Waals surface area contributed by atoms with Gasteiger partial charge in [-0.05, 0) is 43.0 Å². The molecule has 29 heavy (non-hydrogen) atoms. The molecule has 0 aliphatic heterocycles. The summed E-state index contributed by atoms with van der Waals surface area (Å²) in [7, 11) is 0. The summed E-state index contributed by atoms with van der Waals surface area (Å²) >= 11 is 12.2. The molecule has 0 saturated carbocycles. The summed E-state index contributed by atoms with van der Waals surface area (Å²) in [6.45, 7) is 6.15. The number of nitrogens with zero attached hydrogens (tertiary/aromatic N) is 1. The van der Waals surface area contributed by atoms with E-state index in [2.05, 4.69) is 19.2 Å². The van der Waals surface area contributed by atoms with Crippen LogP contribution in [0.15, 0.2) is 42.5 Å². The SMILES string of the molecule is CCC(C)c1ccccc1OCC(=O)N(CC)CC(=O)Nc1c(Cl)cccc1Cl. The van der Waals surface area contributed by atoms with Gasteiger partial charge < -0.3 is 15.0 Å². The van der Waals surface area contributed by atoms with Gasteiger partial charge in [0.25, 0.3) is 5.91 Å². The third kappa shape index (κ3) is 6.38. The summed E-state index contributed by atoms with van der Waals surface area (Å²) < 4.78 is 5.78. The summed E-state index contributed by atoms with van der Waals surface area (Å²) in [5, 5.41) is 3.34. The van der Waals surface area contributed by atoms with E-state index in [9.17, 15) is 9.59 Å². The van der Waals surface area contributed by atoms with Crippen LogP contribution in [0.4, 0.5) is 5.69 Å². The van der Waals surface area contributed by atoms with Crippen LogP contribution in [0.5, 0.6) is 5.75 Å². The maximum atomic E-state index is 12.6. The second-order valence-corrected chi connectivity index (χ2v) is 7.50. The third-order valence-electron chi connectivity index (χ3n) is 4.71. The Morgan fingerprint density at radius 1 is 1.07 bits per heavy atom. The van der Waals surface area contributed by atoms with Crippen molar-refractivity contribution in [2.45, 2.75) is 33.1 Å². The highest BCUT2D eigenvalue weighted by atomic mass is 35.5. The average Bonchev–Trinajstić information content (AvgIpc) is 2.72. The molecule has 0 radical (unpaired) electrons. The first-order valence-electron chi connectivity index (χ1n) is 9.60. The van der Waals surface area contributed by atoms with Crippen LogP contribution in [-0.2, 0) is 9.59 Å². The van der Waals surface area contributed by atoms with Crippen LogP contribution < -0.4 is 10.1 Å². The lowest BCUT2D eigenvalue weighted by Crippen LogP contribution is -2.40. The van der Waals surface area contributed by atoms with E-state index >= 15 is 0 Å².